The maximum Gasteiger partial charge on any atom is 0.345 e. The lowest BCUT2D eigenvalue weighted by Crippen LogP contribution is -2.27. The smallest absolute Gasteiger partial charge is 0.345 e. The molecule has 0 spiro atoms. The van der Waals surface area contributed by atoms with Crippen LogP contribution in [-0.2, 0) is 26.6 Å². The summed E-state index contributed by atoms with van der Waals surface area (Å²) in [7, 11) is 1.85. The van der Waals surface area contributed by atoms with Gasteiger partial charge in [-0.15, -0.1) is 0 Å². The van der Waals surface area contributed by atoms with Crippen LogP contribution in [0, 0.1) is 0 Å². The van der Waals surface area contributed by atoms with Gasteiger partial charge in [0.1, 0.15) is 18.0 Å². The van der Waals surface area contributed by atoms with E-state index in [1.54, 1.807) is 20.1 Å². The molecule has 1 N–H and O–H groups in total. The molecule has 0 saturated carbocycles. The first-order valence-electron chi connectivity index (χ1n) is 8.27. The van der Waals surface area contributed by atoms with E-state index < -0.39 is 0 Å². The average Bonchev–Trinajstić information content (AvgIpc) is 3.14. The van der Waals surface area contributed by atoms with Crippen LogP contribution >= 0.6 is 0 Å². The van der Waals surface area contributed by atoms with Crippen LogP contribution in [0.3, 0.4) is 0 Å². The molecular formula is C15H20N8O. The highest BCUT2D eigenvalue weighted by molar-refractivity contribution is 5.85. The summed E-state index contributed by atoms with van der Waals surface area (Å²) in [5, 5.41) is 12.8. The van der Waals surface area contributed by atoms with E-state index in [2.05, 4.69) is 25.5 Å². The monoisotopic (exact) mass is 328 g/mol. The van der Waals surface area contributed by atoms with Gasteiger partial charge in [-0.1, -0.05) is 0 Å². The highest BCUT2D eigenvalue weighted by Crippen LogP contribution is 2.17. The number of rotatable bonds is 5. The molecule has 0 bridgehead atoms. The Morgan fingerprint density at radius 1 is 1.29 bits per heavy atom. The second-order valence-electron chi connectivity index (χ2n) is 6.04. The van der Waals surface area contributed by atoms with Gasteiger partial charge in [-0.05, 0) is 19.3 Å². The summed E-state index contributed by atoms with van der Waals surface area (Å²) in [5.74, 6) is 1.69. The molecule has 0 radical (unpaired) electrons. The van der Waals surface area contributed by atoms with Crippen molar-refractivity contribution in [2.45, 2.75) is 38.8 Å². The fraction of sp³-hybridized carbons (Fsp3) is 0.533. The molecule has 9 nitrogen and oxygen atoms in total. The average molecular weight is 328 g/mol. The zero-order chi connectivity index (χ0) is 16.5. The first-order chi connectivity index (χ1) is 11.7. The van der Waals surface area contributed by atoms with Gasteiger partial charge in [0.2, 0.25) is 0 Å². The summed E-state index contributed by atoms with van der Waals surface area (Å²) in [5.41, 5.74) is 0.812. The highest BCUT2D eigenvalue weighted by atomic mass is 16.2. The quantitative estimate of drug-likeness (QED) is 0.688. The van der Waals surface area contributed by atoms with Crippen LogP contribution in [0.4, 0.5) is 5.82 Å². The van der Waals surface area contributed by atoms with E-state index in [1.807, 2.05) is 7.05 Å². The summed E-state index contributed by atoms with van der Waals surface area (Å²) in [6.45, 7) is 2.11. The highest BCUT2D eigenvalue weighted by Gasteiger charge is 2.16. The summed E-state index contributed by atoms with van der Waals surface area (Å²) in [4.78, 5) is 20.8. The number of nitrogens with one attached hydrogen (secondary N) is 1. The van der Waals surface area contributed by atoms with E-state index >= 15 is 0 Å². The lowest BCUT2D eigenvalue weighted by molar-refractivity contribution is 0.510. The third kappa shape index (κ3) is 2.55. The SMILES string of the molecule is Cn1ncc2c(NCCCn3nc4n(c3=O)CCCC4)ncnc21. The number of nitrogens with zero attached hydrogens (tertiary/aromatic N) is 7. The minimum Gasteiger partial charge on any atom is -0.369 e. The second kappa shape index (κ2) is 6.06. The molecule has 4 rings (SSSR count). The Morgan fingerprint density at radius 2 is 2.21 bits per heavy atom. The zero-order valence-electron chi connectivity index (χ0n) is 13.6. The van der Waals surface area contributed by atoms with E-state index in [9.17, 15) is 4.79 Å². The Labute approximate surface area is 138 Å². The minimum atomic E-state index is 0.0152. The van der Waals surface area contributed by atoms with Gasteiger partial charge in [0, 0.05) is 33.1 Å². The second-order valence-corrected chi connectivity index (χ2v) is 6.04. The van der Waals surface area contributed by atoms with Crippen LogP contribution in [-0.4, -0.2) is 40.6 Å². The molecule has 0 aromatic carbocycles. The Balaban J connectivity index is 1.39. The Bertz CT molecular complexity index is 921. The van der Waals surface area contributed by atoms with Crippen molar-refractivity contribution in [2.75, 3.05) is 11.9 Å². The largest absolute Gasteiger partial charge is 0.369 e. The maximum atomic E-state index is 12.3. The fourth-order valence-electron chi connectivity index (χ4n) is 3.13. The van der Waals surface area contributed by atoms with Crippen LogP contribution in [0.15, 0.2) is 17.3 Å². The van der Waals surface area contributed by atoms with Gasteiger partial charge >= 0.3 is 5.69 Å². The van der Waals surface area contributed by atoms with E-state index in [1.165, 1.54) is 6.33 Å². The summed E-state index contributed by atoms with van der Waals surface area (Å²) >= 11 is 0. The van der Waals surface area contributed by atoms with Crippen LogP contribution in [0.25, 0.3) is 11.0 Å². The number of aryl methyl sites for hydroxylation is 3. The molecule has 0 saturated heterocycles. The third-order valence-electron chi connectivity index (χ3n) is 4.40. The number of aromatic nitrogens is 7. The first kappa shape index (κ1) is 14.9. The first-order valence-corrected chi connectivity index (χ1v) is 8.27. The van der Waals surface area contributed by atoms with Crippen molar-refractivity contribution in [2.24, 2.45) is 7.05 Å². The van der Waals surface area contributed by atoms with Crippen LogP contribution < -0.4 is 11.0 Å². The molecule has 1 aliphatic heterocycles. The molecule has 9 heteroatoms. The van der Waals surface area contributed by atoms with Crippen LogP contribution in [0.2, 0.25) is 0 Å². The third-order valence-corrected chi connectivity index (χ3v) is 4.40. The molecular weight excluding hydrogens is 308 g/mol. The Morgan fingerprint density at radius 3 is 3.08 bits per heavy atom. The van der Waals surface area contributed by atoms with E-state index in [0.29, 0.717) is 13.1 Å². The molecule has 3 aromatic heterocycles. The Hall–Kier alpha value is -2.71. The van der Waals surface area contributed by atoms with Crippen molar-refractivity contribution in [3.63, 3.8) is 0 Å². The lowest BCUT2D eigenvalue weighted by Gasteiger charge is -2.09. The number of fused-ring (bicyclic) bond motifs is 2. The fourth-order valence-corrected chi connectivity index (χ4v) is 3.13. The summed E-state index contributed by atoms with van der Waals surface area (Å²) in [6.07, 6.45) is 7.16. The number of hydrogen-bond acceptors (Lipinski definition) is 6. The topological polar surface area (TPSA) is 95.5 Å². The van der Waals surface area contributed by atoms with Gasteiger partial charge in [-0.25, -0.2) is 19.4 Å². The van der Waals surface area contributed by atoms with E-state index in [4.69, 9.17) is 0 Å². The molecule has 3 aromatic rings. The molecule has 0 unspecified atom stereocenters. The molecule has 0 atom stereocenters. The predicted molar refractivity (Wildman–Crippen MR) is 88.8 cm³/mol. The maximum absolute atomic E-state index is 12.3. The van der Waals surface area contributed by atoms with Crippen molar-refractivity contribution >= 4 is 16.9 Å². The predicted octanol–water partition coefficient (Wildman–Crippen LogP) is 0.560. The molecule has 0 amide bonds. The summed E-state index contributed by atoms with van der Waals surface area (Å²) < 4.78 is 5.11. The number of anilines is 1. The number of hydrogen-bond donors (Lipinski definition) is 1. The molecule has 126 valence electrons. The van der Waals surface area contributed by atoms with Crippen molar-refractivity contribution in [3.05, 3.63) is 28.8 Å². The van der Waals surface area contributed by atoms with Gasteiger partial charge in [0.05, 0.1) is 11.6 Å². The van der Waals surface area contributed by atoms with Gasteiger partial charge < -0.3 is 5.32 Å². The molecule has 4 heterocycles. The van der Waals surface area contributed by atoms with Crippen molar-refractivity contribution < 1.29 is 0 Å². The van der Waals surface area contributed by atoms with Crippen LogP contribution in [0.1, 0.15) is 25.1 Å². The molecule has 0 fully saturated rings. The van der Waals surface area contributed by atoms with Gasteiger partial charge in [0.15, 0.2) is 5.65 Å². The van der Waals surface area contributed by atoms with Crippen molar-refractivity contribution in [3.8, 4) is 0 Å². The molecule has 1 aliphatic rings. The Kier molecular flexibility index (Phi) is 3.75. The summed E-state index contributed by atoms with van der Waals surface area (Å²) in [6, 6.07) is 0. The normalized spacial score (nSPS) is 14.0. The van der Waals surface area contributed by atoms with Gasteiger partial charge in [-0.2, -0.15) is 10.2 Å². The van der Waals surface area contributed by atoms with Gasteiger partial charge in [0.25, 0.3) is 0 Å². The van der Waals surface area contributed by atoms with Crippen molar-refractivity contribution in [1.82, 2.24) is 34.1 Å². The molecule has 24 heavy (non-hydrogen) atoms. The van der Waals surface area contributed by atoms with Crippen LogP contribution in [0.5, 0.6) is 0 Å². The standard InChI is InChI=1S/C15H20N8O/c1-21-14-11(9-19-21)13(17-10-18-14)16-6-4-8-23-15(24)22-7-3-2-5-12(22)20-23/h9-10H,2-8H2,1H3,(H,16,17,18). The minimum absolute atomic E-state index is 0.0152. The van der Waals surface area contributed by atoms with E-state index in [0.717, 1.165) is 54.9 Å². The van der Waals surface area contributed by atoms with Gasteiger partial charge in [-0.3, -0.25) is 9.25 Å². The van der Waals surface area contributed by atoms with E-state index in [-0.39, 0.29) is 5.69 Å². The lowest BCUT2D eigenvalue weighted by atomic mass is 10.2. The molecule has 0 aliphatic carbocycles. The van der Waals surface area contributed by atoms with Crippen molar-refractivity contribution in [1.29, 1.82) is 0 Å². The zero-order valence-corrected chi connectivity index (χ0v) is 13.6.